The molecule has 0 bridgehead atoms. The highest BCUT2D eigenvalue weighted by Crippen LogP contribution is 2.41. The first-order valence-electron chi connectivity index (χ1n) is 14.0. The van der Waals surface area contributed by atoms with Crippen molar-refractivity contribution in [2.75, 3.05) is 12.0 Å². The summed E-state index contributed by atoms with van der Waals surface area (Å²) < 4.78 is 4.84. The number of nitrogens with zero attached hydrogens (tertiary/aromatic N) is 5. The number of hydrogen-bond acceptors (Lipinski definition) is 8. The van der Waals surface area contributed by atoms with Gasteiger partial charge in [0.05, 0.1) is 12.7 Å². The maximum absolute atomic E-state index is 13.2. The first-order chi connectivity index (χ1) is 20.4. The Morgan fingerprint density at radius 1 is 1.05 bits per heavy atom. The van der Waals surface area contributed by atoms with Gasteiger partial charge in [0.25, 0.3) is 0 Å². The summed E-state index contributed by atoms with van der Waals surface area (Å²) in [6, 6.07) is 23.4. The molecule has 1 aromatic heterocycles. The van der Waals surface area contributed by atoms with Gasteiger partial charge < -0.3 is 14.4 Å². The van der Waals surface area contributed by atoms with Crippen LogP contribution in [0.25, 0.3) is 22.5 Å². The molecule has 3 aromatic carbocycles. The van der Waals surface area contributed by atoms with Gasteiger partial charge >= 0.3 is 5.97 Å². The van der Waals surface area contributed by atoms with Crippen LogP contribution in [0.15, 0.2) is 89.1 Å². The lowest BCUT2D eigenvalue weighted by atomic mass is 9.82. The highest BCUT2D eigenvalue weighted by Gasteiger charge is 2.42. The fourth-order valence-electron chi connectivity index (χ4n) is 5.52. The molecule has 0 saturated heterocycles. The second kappa shape index (κ2) is 12.3. The zero-order valence-electron chi connectivity index (χ0n) is 24.3. The number of nitrogens with one attached hydrogen (secondary N) is 1. The third-order valence-corrected chi connectivity index (χ3v) is 7.75. The minimum Gasteiger partial charge on any atom is -0.465 e. The maximum Gasteiger partial charge on any atom is 0.337 e. The van der Waals surface area contributed by atoms with E-state index in [1.54, 1.807) is 12.1 Å². The number of tetrazole rings is 1. The molecule has 1 aliphatic rings. The number of aldehydes is 1. The number of rotatable bonds is 10. The van der Waals surface area contributed by atoms with Crippen molar-refractivity contribution in [3.05, 3.63) is 95.2 Å². The Balaban J connectivity index is 1.62. The number of unbranched alkanes of at least 4 members (excludes halogenated alkanes) is 1. The van der Waals surface area contributed by atoms with Crippen molar-refractivity contribution in [1.29, 1.82) is 0 Å². The van der Waals surface area contributed by atoms with E-state index in [4.69, 9.17) is 9.73 Å². The van der Waals surface area contributed by atoms with Gasteiger partial charge in [0.15, 0.2) is 5.82 Å². The molecular formula is C33H34N6O3. The summed E-state index contributed by atoms with van der Waals surface area (Å²) in [4.78, 5) is 32.3. The molecule has 0 radical (unpaired) electrons. The normalized spacial score (nSPS) is 16.8. The number of esters is 1. The molecule has 5 rings (SSSR count). The van der Waals surface area contributed by atoms with E-state index in [1.807, 2.05) is 74.5 Å². The molecular weight excluding hydrogens is 528 g/mol. The maximum atomic E-state index is 13.2. The van der Waals surface area contributed by atoms with Crippen molar-refractivity contribution in [3.63, 3.8) is 0 Å². The van der Waals surface area contributed by atoms with Crippen LogP contribution >= 0.6 is 0 Å². The topological polar surface area (TPSA) is 113 Å². The molecule has 2 heterocycles. The van der Waals surface area contributed by atoms with Crippen molar-refractivity contribution < 1.29 is 14.3 Å². The number of ether oxygens (including phenoxy) is 1. The number of hydrogen-bond donors (Lipinski definition) is 1. The number of aliphatic imine (C=N–C) groups is 1. The summed E-state index contributed by atoms with van der Waals surface area (Å²) in [5, 5.41) is 14.8. The van der Waals surface area contributed by atoms with E-state index < -0.39 is 5.54 Å². The number of carbonyl (C=O) groups excluding carboxylic acids is 2. The Morgan fingerprint density at radius 3 is 2.45 bits per heavy atom. The number of aromatic amines is 1. The summed E-state index contributed by atoms with van der Waals surface area (Å²) in [5.41, 5.74) is 5.76. The zero-order chi connectivity index (χ0) is 29.7. The number of methoxy groups -OCH3 is 1. The Bertz CT molecular complexity index is 1630. The van der Waals surface area contributed by atoms with Crippen LogP contribution in [0.5, 0.6) is 0 Å². The third kappa shape index (κ3) is 5.50. The van der Waals surface area contributed by atoms with Crippen LogP contribution in [0.4, 0.5) is 5.69 Å². The zero-order valence-corrected chi connectivity index (χ0v) is 24.3. The van der Waals surface area contributed by atoms with Crippen molar-refractivity contribution in [1.82, 2.24) is 20.6 Å². The fraction of sp³-hybridized carbons (Fsp3) is 0.273. The second-order valence-corrected chi connectivity index (χ2v) is 10.5. The van der Waals surface area contributed by atoms with Crippen LogP contribution in [0, 0.1) is 0 Å². The monoisotopic (exact) mass is 562 g/mol. The molecule has 0 saturated carbocycles. The lowest BCUT2D eigenvalue weighted by molar-refractivity contribution is -0.110. The Kier molecular flexibility index (Phi) is 8.38. The van der Waals surface area contributed by atoms with E-state index in [2.05, 4.69) is 32.4 Å². The van der Waals surface area contributed by atoms with Crippen LogP contribution in [-0.4, -0.2) is 51.4 Å². The van der Waals surface area contributed by atoms with Gasteiger partial charge in [-0.1, -0.05) is 61.9 Å². The van der Waals surface area contributed by atoms with Crippen molar-refractivity contribution >= 4 is 23.8 Å². The van der Waals surface area contributed by atoms with Gasteiger partial charge in [0.2, 0.25) is 0 Å². The molecule has 1 N–H and O–H groups in total. The first-order valence-corrected chi connectivity index (χ1v) is 14.0. The van der Waals surface area contributed by atoms with Gasteiger partial charge in [0, 0.05) is 23.4 Å². The smallest absolute Gasteiger partial charge is 0.337 e. The summed E-state index contributed by atoms with van der Waals surface area (Å²) in [6.45, 7) is 6.05. The van der Waals surface area contributed by atoms with E-state index >= 15 is 0 Å². The average molecular weight is 563 g/mol. The predicted molar refractivity (Wildman–Crippen MR) is 163 cm³/mol. The largest absolute Gasteiger partial charge is 0.465 e. The summed E-state index contributed by atoms with van der Waals surface area (Å²) in [5.74, 6) is 0.980. The highest BCUT2D eigenvalue weighted by atomic mass is 16.5. The number of anilines is 1. The number of carbonyl (C=O) groups is 2. The van der Waals surface area contributed by atoms with Gasteiger partial charge in [-0.15, -0.1) is 5.10 Å². The molecule has 0 amide bonds. The standard InChI is InChI=1S/C33H34N6O3/c1-5-6-12-30-34-22(2)29(19-23-13-15-25(16-14-23)32(41)42-4)33(3,21-40)39(30)26-17-18-27(24-10-8-7-9-11-24)28(20-26)31-35-37-38-36-31/h7-11,13-18,20-21H,5-6,12,19H2,1-4H3,(H,35,36,37,38). The van der Waals surface area contributed by atoms with Crippen LogP contribution in [0.3, 0.4) is 0 Å². The second-order valence-electron chi connectivity index (χ2n) is 10.5. The average Bonchev–Trinajstić information content (AvgIpc) is 3.57. The Morgan fingerprint density at radius 2 is 1.81 bits per heavy atom. The fourth-order valence-corrected chi connectivity index (χ4v) is 5.52. The molecule has 9 heteroatoms. The minimum absolute atomic E-state index is 0.389. The van der Waals surface area contributed by atoms with Crippen molar-refractivity contribution in [2.45, 2.75) is 52.0 Å². The molecule has 1 unspecified atom stereocenters. The number of amidine groups is 1. The van der Waals surface area contributed by atoms with E-state index in [9.17, 15) is 9.59 Å². The number of allylic oxidation sites excluding steroid dienone is 1. The van der Waals surface area contributed by atoms with Gasteiger partial charge in [-0.3, -0.25) is 0 Å². The number of H-pyrrole nitrogens is 1. The quantitative estimate of drug-likeness (QED) is 0.181. The summed E-state index contributed by atoms with van der Waals surface area (Å²) >= 11 is 0. The molecule has 9 nitrogen and oxygen atoms in total. The van der Waals surface area contributed by atoms with Gasteiger partial charge in [-0.25, -0.2) is 14.9 Å². The van der Waals surface area contributed by atoms with Crippen molar-refractivity contribution in [3.8, 4) is 22.5 Å². The lowest BCUT2D eigenvalue weighted by Crippen LogP contribution is -2.55. The van der Waals surface area contributed by atoms with E-state index in [0.29, 0.717) is 17.8 Å². The van der Waals surface area contributed by atoms with E-state index in [-0.39, 0.29) is 5.97 Å². The minimum atomic E-state index is -1.01. The van der Waals surface area contributed by atoms with Crippen LogP contribution in [0.1, 0.15) is 56.0 Å². The molecule has 42 heavy (non-hydrogen) atoms. The van der Waals surface area contributed by atoms with Crippen molar-refractivity contribution in [2.24, 2.45) is 4.99 Å². The number of benzene rings is 3. The first kappa shape index (κ1) is 28.6. The van der Waals surface area contributed by atoms with Crippen LogP contribution in [-0.2, 0) is 16.0 Å². The molecule has 1 aliphatic heterocycles. The number of aromatic nitrogens is 4. The van der Waals surface area contributed by atoms with Gasteiger partial charge in [0.1, 0.15) is 17.7 Å². The molecule has 0 spiro atoms. The predicted octanol–water partition coefficient (Wildman–Crippen LogP) is 6.20. The SMILES string of the molecule is CCCCC1=NC(C)=C(Cc2ccc(C(=O)OC)cc2)C(C)(C=O)N1c1ccc(-c2ccccc2)c(-c2nnn[nH]2)c1. The van der Waals surface area contributed by atoms with E-state index in [0.717, 1.165) is 70.6 Å². The summed E-state index contributed by atoms with van der Waals surface area (Å²) in [6.07, 6.45) is 4.15. The molecule has 0 fully saturated rings. The van der Waals surface area contributed by atoms with Gasteiger partial charge in [-0.2, -0.15) is 0 Å². The van der Waals surface area contributed by atoms with Gasteiger partial charge in [-0.05, 0) is 83.6 Å². The third-order valence-electron chi connectivity index (χ3n) is 7.75. The van der Waals surface area contributed by atoms with Crippen LogP contribution < -0.4 is 4.90 Å². The highest BCUT2D eigenvalue weighted by molar-refractivity contribution is 6.06. The Labute approximate surface area is 245 Å². The molecule has 1 atom stereocenters. The summed E-state index contributed by atoms with van der Waals surface area (Å²) in [7, 11) is 1.36. The molecule has 214 valence electrons. The van der Waals surface area contributed by atoms with E-state index in [1.165, 1.54) is 7.11 Å². The lowest BCUT2D eigenvalue weighted by Gasteiger charge is -2.45. The molecule has 0 aliphatic carbocycles. The van der Waals surface area contributed by atoms with Crippen LogP contribution in [0.2, 0.25) is 0 Å². The Hall–Kier alpha value is -4.92. The molecule has 4 aromatic rings.